The van der Waals surface area contributed by atoms with Crippen molar-refractivity contribution in [1.82, 2.24) is 0 Å². The maximum Gasteiger partial charge on any atom is 0.136 e. The van der Waals surface area contributed by atoms with Crippen molar-refractivity contribution >= 4 is 5.78 Å². The molecule has 5 saturated carbocycles. The zero-order chi connectivity index (χ0) is 24.2. The summed E-state index contributed by atoms with van der Waals surface area (Å²) in [5.74, 6) is 2.37. The minimum Gasteiger partial charge on any atom is -0.396 e. The average molecular weight is 459 g/mol. The molecule has 5 aliphatic rings. The quantitative estimate of drug-likeness (QED) is 0.478. The number of hydrogen-bond donors (Lipinski definition) is 2. The SMILES string of the molecule is CC1C(=O)CCC2C1(C)CCC1C2(C)CCC2(CO)C3CC(C)(C)C(O)CC3(C)CCC12C. The molecule has 33 heavy (non-hydrogen) atoms. The maximum atomic E-state index is 12.7. The van der Waals surface area contributed by atoms with E-state index in [-0.39, 0.29) is 44.5 Å². The maximum absolute atomic E-state index is 12.7. The van der Waals surface area contributed by atoms with Crippen LogP contribution in [0.5, 0.6) is 0 Å². The second kappa shape index (κ2) is 7.09. The summed E-state index contributed by atoms with van der Waals surface area (Å²) in [5, 5.41) is 22.3. The molecular formula is C30H50O3. The summed E-state index contributed by atoms with van der Waals surface area (Å²) in [6, 6.07) is 0. The van der Waals surface area contributed by atoms with E-state index in [0.29, 0.717) is 30.1 Å². The van der Waals surface area contributed by atoms with E-state index in [1.165, 1.54) is 25.7 Å². The molecule has 0 aromatic heterocycles. The zero-order valence-electron chi connectivity index (χ0n) is 22.5. The molecule has 10 unspecified atom stereocenters. The number of aliphatic hydroxyl groups is 2. The molecule has 0 aliphatic heterocycles. The Morgan fingerprint density at radius 2 is 1.52 bits per heavy atom. The van der Waals surface area contributed by atoms with Crippen LogP contribution in [0.15, 0.2) is 0 Å². The van der Waals surface area contributed by atoms with E-state index in [0.717, 1.165) is 38.5 Å². The van der Waals surface area contributed by atoms with Crippen LogP contribution in [0.4, 0.5) is 0 Å². The summed E-state index contributed by atoms with van der Waals surface area (Å²) < 4.78 is 0. The molecule has 5 fully saturated rings. The van der Waals surface area contributed by atoms with Crippen molar-refractivity contribution in [1.29, 1.82) is 0 Å². The monoisotopic (exact) mass is 458 g/mol. The first kappa shape index (κ1) is 24.3. The highest BCUT2D eigenvalue weighted by molar-refractivity contribution is 5.82. The van der Waals surface area contributed by atoms with Crippen molar-refractivity contribution in [3.63, 3.8) is 0 Å². The Hall–Kier alpha value is -0.410. The minimum atomic E-state index is -0.246. The Labute approximate surface area is 202 Å². The second-order valence-electron chi connectivity index (χ2n) is 15.2. The third-order valence-corrected chi connectivity index (χ3v) is 13.8. The van der Waals surface area contributed by atoms with Crippen LogP contribution in [0.25, 0.3) is 0 Å². The zero-order valence-corrected chi connectivity index (χ0v) is 22.5. The Bertz CT molecular complexity index is 834. The molecule has 0 saturated heterocycles. The molecule has 0 spiro atoms. The standard InChI is InChI=1S/C30H50O3/c1-19-20(32)8-9-21-27(19,5)11-10-22-28(21,6)13-15-30(18-31)23-16-25(2,3)24(33)17-26(23,4)12-14-29(22,30)7/h19,21-24,31,33H,8-18H2,1-7H3. The van der Waals surface area contributed by atoms with E-state index >= 15 is 0 Å². The van der Waals surface area contributed by atoms with Gasteiger partial charge in [0.15, 0.2) is 0 Å². The molecule has 0 aromatic rings. The first-order valence-electron chi connectivity index (χ1n) is 14.0. The van der Waals surface area contributed by atoms with Gasteiger partial charge in [-0.1, -0.05) is 48.5 Å². The van der Waals surface area contributed by atoms with Crippen molar-refractivity contribution < 1.29 is 15.0 Å². The van der Waals surface area contributed by atoms with Crippen molar-refractivity contribution in [2.24, 2.45) is 56.2 Å². The van der Waals surface area contributed by atoms with E-state index in [4.69, 9.17) is 0 Å². The molecule has 0 aromatic carbocycles. The van der Waals surface area contributed by atoms with Crippen LogP contribution in [0.2, 0.25) is 0 Å². The fourth-order valence-electron chi connectivity index (χ4n) is 11.3. The lowest BCUT2D eigenvalue weighted by molar-refractivity contribution is -0.279. The molecule has 2 N–H and O–H groups in total. The van der Waals surface area contributed by atoms with E-state index in [1.54, 1.807) is 0 Å². The Morgan fingerprint density at radius 1 is 0.818 bits per heavy atom. The summed E-state index contributed by atoms with van der Waals surface area (Å²) in [5.41, 5.74) is 0.507. The molecule has 188 valence electrons. The van der Waals surface area contributed by atoms with Crippen LogP contribution >= 0.6 is 0 Å². The number of aliphatic hydroxyl groups excluding tert-OH is 2. The van der Waals surface area contributed by atoms with Crippen LogP contribution in [0.3, 0.4) is 0 Å². The van der Waals surface area contributed by atoms with Gasteiger partial charge in [0.1, 0.15) is 5.78 Å². The first-order valence-corrected chi connectivity index (χ1v) is 14.0. The van der Waals surface area contributed by atoms with Crippen molar-refractivity contribution in [3.05, 3.63) is 0 Å². The molecule has 5 aliphatic carbocycles. The van der Waals surface area contributed by atoms with Crippen LogP contribution in [-0.4, -0.2) is 28.7 Å². The topological polar surface area (TPSA) is 57.5 Å². The highest BCUT2D eigenvalue weighted by Gasteiger charge is 2.72. The van der Waals surface area contributed by atoms with Gasteiger partial charge in [-0.3, -0.25) is 4.79 Å². The Kier molecular flexibility index (Phi) is 5.22. The first-order chi connectivity index (χ1) is 15.2. The summed E-state index contributed by atoms with van der Waals surface area (Å²) in [7, 11) is 0. The molecule has 3 heteroatoms. The van der Waals surface area contributed by atoms with Gasteiger partial charge in [0.2, 0.25) is 0 Å². The van der Waals surface area contributed by atoms with Crippen LogP contribution < -0.4 is 0 Å². The fraction of sp³-hybridized carbons (Fsp3) is 0.967. The van der Waals surface area contributed by atoms with Crippen molar-refractivity contribution in [3.8, 4) is 0 Å². The van der Waals surface area contributed by atoms with Gasteiger partial charge in [-0.15, -0.1) is 0 Å². The third-order valence-electron chi connectivity index (χ3n) is 13.8. The van der Waals surface area contributed by atoms with Crippen molar-refractivity contribution in [2.45, 2.75) is 119 Å². The molecule has 5 rings (SSSR count). The normalized spacial score (nSPS) is 58.0. The van der Waals surface area contributed by atoms with Crippen LogP contribution in [0.1, 0.15) is 113 Å². The number of Topliss-reactive ketones (excluding diaryl/α,β-unsaturated/α-hetero) is 1. The van der Waals surface area contributed by atoms with Gasteiger partial charge in [0.25, 0.3) is 0 Å². The summed E-state index contributed by atoms with van der Waals surface area (Å²) in [6.45, 7) is 17.0. The van der Waals surface area contributed by atoms with E-state index in [1.807, 2.05) is 0 Å². The second-order valence-corrected chi connectivity index (χ2v) is 15.2. The van der Waals surface area contributed by atoms with Gasteiger partial charge in [-0.25, -0.2) is 0 Å². The fourth-order valence-corrected chi connectivity index (χ4v) is 11.3. The van der Waals surface area contributed by atoms with Crippen LogP contribution in [-0.2, 0) is 4.79 Å². The Balaban J connectivity index is 1.57. The average Bonchev–Trinajstić information content (AvgIpc) is 2.73. The Morgan fingerprint density at radius 3 is 2.18 bits per heavy atom. The lowest BCUT2D eigenvalue weighted by Crippen LogP contribution is -2.70. The van der Waals surface area contributed by atoms with Gasteiger partial charge in [-0.05, 0) is 103 Å². The molecule has 0 amide bonds. The largest absolute Gasteiger partial charge is 0.396 e. The smallest absolute Gasteiger partial charge is 0.136 e. The van der Waals surface area contributed by atoms with E-state index in [9.17, 15) is 15.0 Å². The highest BCUT2D eigenvalue weighted by atomic mass is 16.3. The molecule has 0 heterocycles. The lowest BCUT2D eigenvalue weighted by Gasteiger charge is -2.75. The highest BCUT2D eigenvalue weighted by Crippen LogP contribution is 2.78. The summed E-state index contributed by atoms with van der Waals surface area (Å²) in [6.07, 6.45) is 10.5. The number of hydrogen-bond acceptors (Lipinski definition) is 3. The number of ketones is 1. The van der Waals surface area contributed by atoms with E-state index < -0.39 is 0 Å². The summed E-state index contributed by atoms with van der Waals surface area (Å²) in [4.78, 5) is 12.7. The van der Waals surface area contributed by atoms with Gasteiger partial charge >= 0.3 is 0 Å². The third kappa shape index (κ3) is 2.85. The van der Waals surface area contributed by atoms with Gasteiger partial charge in [-0.2, -0.15) is 0 Å². The number of carbonyl (C=O) groups excluding carboxylic acids is 1. The van der Waals surface area contributed by atoms with Gasteiger partial charge in [0.05, 0.1) is 6.10 Å². The number of rotatable bonds is 1. The predicted molar refractivity (Wildman–Crippen MR) is 133 cm³/mol. The molecule has 0 bridgehead atoms. The summed E-state index contributed by atoms with van der Waals surface area (Å²) >= 11 is 0. The van der Waals surface area contributed by atoms with Gasteiger partial charge in [0, 0.05) is 24.4 Å². The van der Waals surface area contributed by atoms with E-state index in [2.05, 4.69) is 48.5 Å². The van der Waals surface area contributed by atoms with Gasteiger partial charge < -0.3 is 10.2 Å². The molecule has 0 radical (unpaired) electrons. The number of fused-ring (bicyclic) bond motifs is 7. The lowest BCUT2D eigenvalue weighted by atomic mass is 9.29. The van der Waals surface area contributed by atoms with Crippen LogP contribution in [0, 0.1) is 56.2 Å². The number of carbonyl (C=O) groups is 1. The molecule has 3 nitrogen and oxygen atoms in total. The molecular weight excluding hydrogens is 408 g/mol. The predicted octanol–water partition coefficient (Wildman–Crippen LogP) is 6.40. The molecule has 10 atom stereocenters. The van der Waals surface area contributed by atoms with Crippen molar-refractivity contribution in [2.75, 3.05) is 6.61 Å². The minimum absolute atomic E-state index is 0.0502.